The van der Waals surface area contributed by atoms with Crippen molar-refractivity contribution in [1.82, 2.24) is 4.90 Å². The number of benzene rings is 1. The van der Waals surface area contributed by atoms with Gasteiger partial charge in [0.05, 0.1) is 6.04 Å². The maximum Gasteiger partial charge on any atom is 0.191 e. The summed E-state index contributed by atoms with van der Waals surface area (Å²) >= 11 is 0. The maximum atomic E-state index is 13.6. The minimum absolute atomic E-state index is 0.0902. The molecule has 2 fully saturated rings. The molecule has 0 bridgehead atoms. The van der Waals surface area contributed by atoms with E-state index >= 15 is 0 Å². The van der Waals surface area contributed by atoms with E-state index < -0.39 is 11.6 Å². The molecule has 102 valence electrons. The van der Waals surface area contributed by atoms with Crippen LogP contribution in [0, 0.1) is 11.6 Å². The van der Waals surface area contributed by atoms with Crippen molar-refractivity contribution in [2.75, 3.05) is 7.05 Å². The zero-order valence-electron chi connectivity index (χ0n) is 10.8. The molecule has 0 heterocycles. The molecule has 3 rings (SSSR count). The molecule has 3 nitrogen and oxygen atoms in total. The van der Waals surface area contributed by atoms with Crippen LogP contribution in [0.15, 0.2) is 23.2 Å². The lowest BCUT2D eigenvalue weighted by Crippen LogP contribution is -2.36. The Morgan fingerprint density at radius 1 is 1.32 bits per heavy atom. The average Bonchev–Trinajstić information content (AvgIpc) is 3.22. The van der Waals surface area contributed by atoms with Gasteiger partial charge in [-0.2, -0.15) is 0 Å². The third-order valence-electron chi connectivity index (χ3n) is 3.88. The Bertz CT molecular complexity index is 505. The van der Waals surface area contributed by atoms with Crippen LogP contribution in [0.5, 0.6) is 0 Å². The second-order valence-electron chi connectivity index (χ2n) is 5.37. The summed E-state index contributed by atoms with van der Waals surface area (Å²) in [7, 11) is 1.91. The summed E-state index contributed by atoms with van der Waals surface area (Å²) in [5, 5.41) is 0. The molecule has 0 radical (unpaired) electrons. The van der Waals surface area contributed by atoms with Gasteiger partial charge in [-0.3, -0.25) is 0 Å². The van der Waals surface area contributed by atoms with Gasteiger partial charge in [0, 0.05) is 24.6 Å². The quantitative estimate of drug-likeness (QED) is 0.672. The van der Waals surface area contributed by atoms with Gasteiger partial charge in [-0.15, -0.1) is 0 Å². The van der Waals surface area contributed by atoms with Crippen LogP contribution in [0.25, 0.3) is 0 Å². The zero-order valence-corrected chi connectivity index (χ0v) is 10.8. The van der Waals surface area contributed by atoms with E-state index in [1.54, 1.807) is 0 Å². The normalized spacial score (nSPS) is 26.4. The zero-order chi connectivity index (χ0) is 13.6. The largest absolute Gasteiger partial charge is 0.370 e. The van der Waals surface area contributed by atoms with Crippen LogP contribution in [0.4, 0.5) is 8.78 Å². The molecule has 1 aromatic rings. The van der Waals surface area contributed by atoms with Crippen LogP contribution in [0.2, 0.25) is 0 Å². The molecule has 2 aliphatic rings. The van der Waals surface area contributed by atoms with Gasteiger partial charge in [0.1, 0.15) is 11.6 Å². The lowest BCUT2D eigenvalue weighted by Gasteiger charge is -2.16. The van der Waals surface area contributed by atoms with Crippen molar-refractivity contribution < 1.29 is 8.78 Å². The molecule has 2 N–H and O–H groups in total. The molecule has 2 aliphatic carbocycles. The smallest absolute Gasteiger partial charge is 0.191 e. The third kappa shape index (κ3) is 2.41. The number of aliphatic imine (C=N–C) groups is 1. The van der Waals surface area contributed by atoms with Crippen LogP contribution in [-0.2, 0) is 0 Å². The van der Waals surface area contributed by atoms with Crippen molar-refractivity contribution in [3.8, 4) is 0 Å². The van der Waals surface area contributed by atoms with E-state index in [0.717, 1.165) is 12.8 Å². The van der Waals surface area contributed by atoms with E-state index in [0.29, 0.717) is 18.4 Å². The summed E-state index contributed by atoms with van der Waals surface area (Å²) < 4.78 is 27.2. The van der Waals surface area contributed by atoms with Crippen molar-refractivity contribution >= 4 is 5.96 Å². The summed E-state index contributed by atoms with van der Waals surface area (Å²) in [6.07, 6.45) is 2.95. The summed E-state index contributed by atoms with van der Waals surface area (Å²) in [4.78, 5) is 6.33. The summed E-state index contributed by atoms with van der Waals surface area (Å²) in [6, 6.07) is 4.36. The summed E-state index contributed by atoms with van der Waals surface area (Å²) in [5.74, 6) is -0.673. The molecule has 0 amide bonds. The third-order valence-corrected chi connectivity index (χ3v) is 3.88. The van der Waals surface area contributed by atoms with Crippen LogP contribution >= 0.6 is 0 Å². The number of guanidine groups is 1. The lowest BCUT2D eigenvalue weighted by atomic mass is 10.1. The molecule has 2 unspecified atom stereocenters. The van der Waals surface area contributed by atoms with Crippen LogP contribution < -0.4 is 5.73 Å². The van der Waals surface area contributed by atoms with E-state index in [1.807, 2.05) is 11.9 Å². The molecule has 0 saturated heterocycles. The van der Waals surface area contributed by atoms with E-state index in [4.69, 9.17) is 5.73 Å². The van der Waals surface area contributed by atoms with Crippen molar-refractivity contribution in [3.63, 3.8) is 0 Å². The van der Waals surface area contributed by atoms with Gasteiger partial charge in [0.15, 0.2) is 5.96 Å². The number of rotatable bonds is 3. The highest BCUT2D eigenvalue weighted by atomic mass is 19.1. The highest BCUT2D eigenvalue weighted by Crippen LogP contribution is 2.45. The van der Waals surface area contributed by atoms with Crippen molar-refractivity contribution in [1.29, 1.82) is 0 Å². The Kier molecular flexibility index (Phi) is 2.92. The predicted octanol–water partition coefficient (Wildman–Crippen LogP) is 2.23. The minimum Gasteiger partial charge on any atom is -0.370 e. The molecular formula is C14H17F2N3. The van der Waals surface area contributed by atoms with Gasteiger partial charge >= 0.3 is 0 Å². The van der Waals surface area contributed by atoms with E-state index in [1.165, 1.54) is 18.2 Å². The standard InChI is InChI=1S/C14H17F2N3/c1-19(8-5-6-8)14(17)18-12-7-9(12)13-10(15)3-2-4-11(13)16/h2-4,8-9,12H,5-7H2,1H3,(H2,17,18). The van der Waals surface area contributed by atoms with Crippen molar-refractivity contribution in [3.05, 3.63) is 35.4 Å². The second-order valence-corrected chi connectivity index (χ2v) is 5.37. The maximum absolute atomic E-state index is 13.6. The minimum atomic E-state index is -0.489. The van der Waals surface area contributed by atoms with Crippen LogP contribution in [0.1, 0.15) is 30.7 Å². The highest BCUT2D eigenvalue weighted by molar-refractivity contribution is 5.79. The van der Waals surface area contributed by atoms with E-state index in [-0.39, 0.29) is 17.5 Å². The summed E-state index contributed by atoms with van der Waals surface area (Å²) in [6.45, 7) is 0. The second kappa shape index (κ2) is 4.47. The van der Waals surface area contributed by atoms with Crippen LogP contribution in [0.3, 0.4) is 0 Å². The topological polar surface area (TPSA) is 41.6 Å². The first kappa shape index (κ1) is 12.4. The molecule has 2 atom stereocenters. The Morgan fingerprint density at radius 2 is 1.95 bits per heavy atom. The molecule has 0 spiro atoms. The van der Waals surface area contributed by atoms with Gasteiger partial charge in [0.25, 0.3) is 0 Å². The average molecular weight is 265 g/mol. The number of nitrogens with zero attached hydrogens (tertiary/aromatic N) is 2. The van der Waals surface area contributed by atoms with Crippen LogP contribution in [-0.4, -0.2) is 30.0 Å². The van der Waals surface area contributed by atoms with Gasteiger partial charge in [-0.05, 0) is 31.4 Å². The fraction of sp³-hybridized carbons (Fsp3) is 0.500. The lowest BCUT2D eigenvalue weighted by molar-refractivity contribution is 0.486. The fourth-order valence-corrected chi connectivity index (χ4v) is 2.41. The van der Waals surface area contributed by atoms with Crippen molar-refractivity contribution in [2.24, 2.45) is 10.7 Å². The van der Waals surface area contributed by atoms with Gasteiger partial charge in [-0.1, -0.05) is 6.07 Å². The first-order valence-corrected chi connectivity index (χ1v) is 6.58. The first-order chi connectivity index (χ1) is 9.08. The monoisotopic (exact) mass is 265 g/mol. The SMILES string of the molecule is CN(C(N)=NC1CC1c1c(F)cccc1F)C1CC1. The van der Waals surface area contributed by atoms with Gasteiger partial charge < -0.3 is 10.6 Å². The number of hydrogen-bond acceptors (Lipinski definition) is 1. The van der Waals surface area contributed by atoms with Gasteiger partial charge in [-0.25, -0.2) is 13.8 Å². The number of nitrogens with two attached hydrogens (primary N) is 1. The summed E-state index contributed by atoms with van der Waals surface area (Å²) in [5.41, 5.74) is 6.05. The number of halogens is 2. The molecule has 2 saturated carbocycles. The Balaban J connectivity index is 1.72. The Hall–Kier alpha value is -1.65. The first-order valence-electron chi connectivity index (χ1n) is 6.58. The fourth-order valence-electron chi connectivity index (χ4n) is 2.41. The predicted molar refractivity (Wildman–Crippen MR) is 69.9 cm³/mol. The molecule has 0 aromatic heterocycles. The Morgan fingerprint density at radius 3 is 2.53 bits per heavy atom. The van der Waals surface area contributed by atoms with Crippen molar-refractivity contribution in [2.45, 2.75) is 37.3 Å². The van der Waals surface area contributed by atoms with Gasteiger partial charge in [0.2, 0.25) is 0 Å². The van der Waals surface area contributed by atoms with E-state index in [9.17, 15) is 8.78 Å². The highest BCUT2D eigenvalue weighted by Gasteiger charge is 2.42. The molecule has 0 aliphatic heterocycles. The molecule has 19 heavy (non-hydrogen) atoms. The van der Waals surface area contributed by atoms with E-state index in [2.05, 4.69) is 4.99 Å². The Labute approximate surface area is 111 Å². The molecule has 5 heteroatoms. The number of hydrogen-bond donors (Lipinski definition) is 1. The molecule has 1 aromatic carbocycles. The molecular weight excluding hydrogens is 248 g/mol.